The standard InChI is InChI=1S/C17H22N2O3S/c1-17(21,15-5-3-11-23-15)12-18-13-6-8-19(9-7-13)16(20)14-4-2-10-22-14/h2-5,10-11,13,18,21H,6-9,12H2,1H3. The van der Waals surface area contributed by atoms with Crippen molar-refractivity contribution in [1.82, 2.24) is 10.2 Å². The fourth-order valence-electron chi connectivity index (χ4n) is 2.86. The van der Waals surface area contributed by atoms with Crippen LogP contribution in [-0.4, -0.2) is 41.6 Å². The molecule has 2 N–H and O–H groups in total. The smallest absolute Gasteiger partial charge is 0.289 e. The van der Waals surface area contributed by atoms with Gasteiger partial charge < -0.3 is 19.7 Å². The van der Waals surface area contributed by atoms with Gasteiger partial charge in [0, 0.05) is 30.6 Å². The van der Waals surface area contributed by atoms with Gasteiger partial charge in [-0.1, -0.05) is 6.07 Å². The first-order chi connectivity index (χ1) is 11.1. The van der Waals surface area contributed by atoms with Gasteiger partial charge >= 0.3 is 0 Å². The number of hydrogen-bond acceptors (Lipinski definition) is 5. The van der Waals surface area contributed by atoms with Crippen LogP contribution in [0, 0.1) is 0 Å². The number of furan rings is 1. The molecule has 3 heterocycles. The molecule has 6 heteroatoms. The molecule has 1 unspecified atom stereocenters. The van der Waals surface area contributed by atoms with E-state index in [1.807, 2.05) is 29.3 Å². The molecule has 0 aromatic carbocycles. The Labute approximate surface area is 139 Å². The van der Waals surface area contributed by atoms with E-state index in [1.165, 1.54) is 6.26 Å². The Kier molecular flexibility index (Phi) is 4.84. The zero-order valence-corrected chi connectivity index (χ0v) is 14.0. The minimum atomic E-state index is -0.852. The van der Waals surface area contributed by atoms with Gasteiger partial charge in [-0.25, -0.2) is 0 Å². The van der Waals surface area contributed by atoms with E-state index in [1.54, 1.807) is 23.5 Å². The summed E-state index contributed by atoms with van der Waals surface area (Å²) < 4.78 is 5.17. The second-order valence-corrected chi connectivity index (χ2v) is 7.12. The first-order valence-electron chi connectivity index (χ1n) is 7.89. The Balaban J connectivity index is 1.47. The van der Waals surface area contributed by atoms with Gasteiger partial charge in [-0.2, -0.15) is 0 Å². The summed E-state index contributed by atoms with van der Waals surface area (Å²) in [5.41, 5.74) is -0.852. The van der Waals surface area contributed by atoms with E-state index in [9.17, 15) is 9.90 Å². The quantitative estimate of drug-likeness (QED) is 0.881. The number of nitrogens with one attached hydrogen (secondary N) is 1. The van der Waals surface area contributed by atoms with Gasteiger partial charge in [0.25, 0.3) is 5.91 Å². The number of hydrogen-bond donors (Lipinski definition) is 2. The van der Waals surface area contributed by atoms with E-state index in [0.29, 0.717) is 31.4 Å². The molecular formula is C17H22N2O3S. The van der Waals surface area contributed by atoms with Crippen LogP contribution in [0.3, 0.4) is 0 Å². The first-order valence-corrected chi connectivity index (χ1v) is 8.77. The van der Waals surface area contributed by atoms with Crippen molar-refractivity contribution < 1.29 is 14.3 Å². The van der Waals surface area contributed by atoms with Crippen LogP contribution in [-0.2, 0) is 5.60 Å². The molecule has 124 valence electrons. The Morgan fingerprint density at radius 3 is 2.83 bits per heavy atom. The van der Waals surface area contributed by atoms with Crippen molar-refractivity contribution in [3.63, 3.8) is 0 Å². The number of thiophene rings is 1. The van der Waals surface area contributed by atoms with Crippen LogP contribution in [0.4, 0.5) is 0 Å². The topological polar surface area (TPSA) is 65.7 Å². The molecule has 3 rings (SSSR count). The zero-order valence-electron chi connectivity index (χ0n) is 13.2. The third kappa shape index (κ3) is 3.83. The number of nitrogens with zero attached hydrogens (tertiary/aromatic N) is 1. The van der Waals surface area contributed by atoms with Crippen molar-refractivity contribution in [3.8, 4) is 0 Å². The van der Waals surface area contributed by atoms with Crippen molar-refractivity contribution in [2.24, 2.45) is 0 Å². The Bertz CT molecular complexity index is 614. The highest BCUT2D eigenvalue weighted by Gasteiger charge is 2.28. The summed E-state index contributed by atoms with van der Waals surface area (Å²) in [6.45, 7) is 3.77. The van der Waals surface area contributed by atoms with Crippen LogP contribution in [0.25, 0.3) is 0 Å². The molecule has 1 aliphatic heterocycles. The van der Waals surface area contributed by atoms with Gasteiger partial charge in [-0.15, -0.1) is 11.3 Å². The van der Waals surface area contributed by atoms with Gasteiger partial charge in [0.1, 0.15) is 5.60 Å². The summed E-state index contributed by atoms with van der Waals surface area (Å²) in [5, 5.41) is 16.0. The highest BCUT2D eigenvalue weighted by Crippen LogP contribution is 2.25. The van der Waals surface area contributed by atoms with Crippen molar-refractivity contribution in [2.45, 2.75) is 31.4 Å². The summed E-state index contributed by atoms with van der Waals surface area (Å²) in [5.74, 6) is 0.357. The molecule has 0 spiro atoms. The predicted molar refractivity (Wildman–Crippen MR) is 89.5 cm³/mol. The number of piperidine rings is 1. The molecule has 0 aliphatic carbocycles. The summed E-state index contributed by atoms with van der Waals surface area (Å²) in [6.07, 6.45) is 3.29. The lowest BCUT2D eigenvalue weighted by Gasteiger charge is -2.33. The van der Waals surface area contributed by atoms with E-state index < -0.39 is 5.60 Å². The van der Waals surface area contributed by atoms with Crippen LogP contribution in [0.15, 0.2) is 40.3 Å². The number of amides is 1. The van der Waals surface area contributed by atoms with E-state index >= 15 is 0 Å². The molecular weight excluding hydrogens is 312 g/mol. The molecule has 1 fully saturated rings. The lowest BCUT2D eigenvalue weighted by Crippen LogP contribution is -2.47. The normalized spacial score (nSPS) is 18.8. The highest BCUT2D eigenvalue weighted by atomic mass is 32.1. The fraction of sp³-hybridized carbons (Fsp3) is 0.471. The largest absolute Gasteiger partial charge is 0.459 e. The molecule has 0 radical (unpaired) electrons. The van der Waals surface area contributed by atoms with E-state index in [2.05, 4.69) is 5.32 Å². The molecule has 1 saturated heterocycles. The minimum Gasteiger partial charge on any atom is -0.459 e. The molecule has 5 nitrogen and oxygen atoms in total. The third-order valence-electron chi connectivity index (χ3n) is 4.30. The number of rotatable bonds is 5. The lowest BCUT2D eigenvalue weighted by atomic mass is 10.0. The summed E-state index contributed by atoms with van der Waals surface area (Å²) in [6, 6.07) is 7.66. The Morgan fingerprint density at radius 1 is 1.43 bits per heavy atom. The van der Waals surface area contributed by atoms with Gasteiger partial charge in [-0.3, -0.25) is 4.79 Å². The molecule has 0 saturated carbocycles. The molecule has 2 aromatic heterocycles. The maximum atomic E-state index is 12.2. The SMILES string of the molecule is CC(O)(CNC1CCN(C(=O)c2ccco2)CC1)c1cccs1. The summed E-state index contributed by atoms with van der Waals surface area (Å²) >= 11 is 1.57. The van der Waals surface area contributed by atoms with Gasteiger partial charge in [-0.05, 0) is 43.3 Å². The van der Waals surface area contributed by atoms with Crippen molar-refractivity contribution in [2.75, 3.05) is 19.6 Å². The average molecular weight is 334 g/mol. The first kappa shape index (κ1) is 16.2. The van der Waals surface area contributed by atoms with Crippen LogP contribution < -0.4 is 5.32 Å². The van der Waals surface area contributed by atoms with Crippen molar-refractivity contribution in [1.29, 1.82) is 0 Å². The van der Waals surface area contributed by atoms with Crippen molar-refractivity contribution in [3.05, 3.63) is 46.5 Å². The van der Waals surface area contributed by atoms with Crippen LogP contribution in [0.2, 0.25) is 0 Å². The predicted octanol–water partition coefficient (Wildman–Crippen LogP) is 2.44. The lowest BCUT2D eigenvalue weighted by molar-refractivity contribution is 0.0504. The monoisotopic (exact) mass is 334 g/mol. The fourth-order valence-corrected chi connectivity index (χ4v) is 3.64. The second-order valence-electron chi connectivity index (χ2n) is 6.18. The van der Waals surface area contributed by atoms with Crippen LogP contribution >= 0.6 is 11.3 Å². The average Bonchev–Trinajstić information content (AvgIpc) is 3.26. The van der Waals surface area contributed by atoms with E-state index in [-0.39, 0.29) is 5.91 Å². The van der Waals surface area contributed by atoms with E-state index in [4.69, 9.17) is 4.42 Å². The van der Waals surface area contributed by atoms with Crippen LogP contribution in [0.1, 0.15) is 35.2 Å². The molecule has 23 heavy (non-hydrogen) atoms. The van der Waals surface area contributed by atoms with Crippen molar-refractivity contribution >= 4 is 17.2 Å². The molecule has 1 aliphatic rings. The van der Waals surface area contributed by atoms with Gasteiger partial charge in [0.05, 0.1) is 6.26 Å². The molecule has 0 bridgehead atoms. The highest BCUT2D eigenvalue weighted by molar-refractivity contribution is 7.10. The Morgan fingerprint density at radius 2 is 2.22 bits per heavy atom. The van der Waals surface area contributed by atoms with Crippen LogP contribution in [0.5, 0.6) is 0 Å². The Hall–Kier alpha value is -1.63. The molecule has 1 atom stereocenters. The number of carbonyl (C=O) groups excluding carboxylic acids is 1. The number of aliphatic hydroxyl groups is 1. The van der Waals surface area contributed by atoms with Gasteiger partial charge in [0.2, 0.25) is 0 Å². The summed E-state index contributed by atoms with van der Waals surface area (Å²) in [7, 11) is 0. The second kappa shape index (κ2) is 6.86. The molecule has 1 amide bonds. The number of carbonyl (C=O) groups is 1. The summed E-state index contributed by atoms with van der Waals surface area (Å²) in [4.78, 5) is 15.0. The third-order valence-corrected chi connectivity index (χ3v) is 5.42. The van der Waals surface area contributed by atoms with E-state index in [0.717, 1.165) is 17.7 Å². The maximum Gasteiger partial charge on any atom is 0.289 e. The number of likely N-dealkylation sites (tertiary alicyclic amines) is 1. The minimum absolute atomic E-state index is 0.0426. The molecule has 2 aromatic rings. The maximum absolute atomic E-state index is 12.2. The zero-order chi connectivity index (χ0) is 16.3. The van der Waals surface area contributed by atoms with Gasteiger partial charge in [0.15, 0.2) is 5.76 Å².